The van der Waals surface area contributed by atoms with Crippen LogP contribution in [0.1, 0.15) is 32.6 Å². The SMILES string of the molecule is C=C(C)C(C[Si](C)(C)C)C1CCCC(=O)C1. The Morgan fingerprint density at radius 1 is 1.50 bits per heavy atom. The Morgan fingerprint density at radius 2 is 2.12 bits per heavy atom. The van der Waals surface area contributed by atoms with E-state index in [1.54, 1.807) is 0 Å². The minimum absolute atomic E-state index is 0.470. The van der Waals surface area contributed by atoms with Crippen LogP contribution in [0.3, 0.4) is 0 Å². The van der Waals surface area contributed by atoms with Crippen LogP contribution in [0.2, 0.25) is 25.7 Å². The number of ketones is 1. The van der Waals surface area contributed by atoms with E-state index in [1.807, 2.05) is 0 Å². The van der Waals surface area contributed by atoms with Crippen molar-refractivity contribution in [3.8, 4) is 0 Å². The van der Waals surface area contributed by atoms with Crippen LogP contribution in [0.25, 0.3) is 0 Å². The number of Topliss-reactive ketones (excluding diaryl/α,β-unsaturated/α-hetero) is 1. The summed E-state index contributed by atoms with van der Waals surface area (Å²) >= 11 is 0. The lowest BCUT2D eigenvalue weighted by Crippen LogP contribution is -2.31. The van der Waals surface area contributed by atoms with E-state index in [1.165, 1.54) is 18.0 Å². The molecule has 0 amide bonds. The van der Waals surface area contributed by atoms with Gasteiger partial charge in [0.05, 0.1) is 0 Å². The third kappa shape index (κ3) is 4.24. The van der Waals surface area contributed by atoms with Crippen molar-refractivity contribution in [2.75, 3.05) is 0 Å². The van der Waals surface area contributed by atoms with Crippen LogP contribution >= 0.6 is 0 Å². The van der Waals surface area contributed by atoms with Gasteiger partial charge in [0.25, 0.3) is 0 Å². The molecule has 1 fully saturated rings. The maximum absolute atomic E-state index is 11.5. The van der Waals surface area contributed by atoms with Gasteiger partial charge in [-0.15, -0.1) is 0 Å². The Bertz CT molecular complexity index is 275. The molecule has 0 spiro atoms. The van der Waals surface area contributed by atoms with E-state index in [2.05, 4.69) is 33.1 Å². The molecule has 0 aromatic heterocycles. The zero-order chi connectivity index (χ0) is 12.3. The fourth-order valence-electron chi connectivity index (χ4n) is 2.80. The number of carbonyl (C=O) groups excluding carboxylic acids is 1. The minimum Gasteiger partial charge on any atom is -0.300 e. The number of hydrogen-bond acceptors (Lipinski definition) is 1. The average molecular weight is 238 g/mol. The highest BCUT2D eigenvalue weighted by molar-refractivity contribution is 6.76. The first-order valence-electron chi connectivity index (χ1n) is 6.47. The molecule has 0 aromatic rings. The molecule has 0 heterocycles. The van der Waals surface area contributed by atoms with Crippen molar-refractivity contribution in [3.63, 3.8) is 0 Å². The summed E-state index contributed by atoms with van der Waals surface area (Å²) in [6, 6.07) is 1.29. The molecule has 16 heavy (non-hydrogen) atoms. The van der Waals surface area contributed by atoms with Gasteiger partial charge in [0.1, 0.15) is 5.78 Å². The predicted octanol–water partition coefficient (Wildman–Crippen LogP) is 4.28. The summed E-state index contributed by atoms with van der Waals surface area (Å²) in [6.45, 7) is 13.5. The molecule has 1 rings (SSSR count). The van der Waals surface area contributed by atoms with E-state index in [0.717, 1.165) is 19.3 Å². The first kappa shape index (κ1) is 13.7. The molecule has 2 heteroatoms. The van der Waals surface area contributed by atoms with Crippen molar-refractivity contribution in [1.29, 1.82) is 0 Å². The lowest BCUT2D eigenvalue weighted by atomic mass is 9.77. The van der Waals surface area contributed by atoms with Gasteiger partial charge in [0.2, 0.25) is 0 Å². The van der Waals surface area contributed by atoms with Crippen molar-refractivity contribution in [2.45, 2.75) is 58.3 Å². The van der Waals surface area contributed by atoms with Crippen LogP contribution in [0, 0.1) is 11.8 Å². The fourth-order valence-corrected chi connectivity index (χ4v) is 4.81. The number of allylic oxidation sites excluding steroid dienone is 1. The van der Waals surface area contributed by atoms with Crippen LogP contribution in [0.15, 0.2) is 12.2 Å². The third-order valence-corrected chi connectivity index (χ3v) is 5.22. The monoisotopic (exact) mass is 238 g/mol. The first-order chi connectivity index (χ1) is 7.29. The van der Waals surface area contributed by atoms with Gasteiger partial charge in [-0.1, -0.05) is 37.8 Å². The Balaban J connectivity index is 2.69. The highest BCUT2D eigenvalue weighted by Gasteiger charge is 2.31. The van der Waals surface area contributed by atoms with Crippen LogP contribution in [0.5, 0.6) is 0 Å². The second-order valence-corrected chi connectivity index (χ2v) is 12.1. The van der Waals surface area contributed by atoms with E-state index >= 15 is 0 Å². The lowest BCUT2D eigenvalue weighted by molar-refractivity contribution is -0.121. The molecule has 2 unspecified atom stereocenters. The Labute approximate surface area is 101 Å². The van der Waals surface area contributed by atoms with E-state index in [4.69, 9.17) is 0 Å². The van der Waals surface area contributed by atoms with Gasteiger partial charge in [-0.2, -0.15) is 0 Å². The number of hydrogen-bond donors (Lipinski definition) is 0. The maximum atomic E-state index is 11.5. The van der Waals surface area contributed by atoms with Gasteiger partial charge >= 0.3 is 0 Å². The van der Waals surface area contributed by atoms with Crippen molar-refractivity contribution in [1.82, 2.24) is 0 Å². The zero-order valence-electron chi connectivity index (χ0n) is 11.3. The van der Waals surface area contributed by atoms with Gasteiger partial charge < -0.3 is 0 Å². The van der Waals surface area contributed by atoms with Crippen LogP contribution in [0.4, 0.5) is 0 Å². The first-order valence-corrected chi connectivity index (χ1v) is 10.2. The zero-order valence-corrected chi connectivity index (χ0v) is 12.3. The smallest absolute Gasteiger partial charge is 0.133 e. The van der Waals surface area contributed by atoms with E-state index < -0.39 is 8.07 Å². The highest BCUT2D eigenvalue weighted by atomic mass is 28.3. The summed E-state index contributed by atoms with van der Waals surface area (Å²) in [7, 11) is -1.06. The van der Waals surface area contributed by atoms with Crippen LogP contribution in [-0.2, 0) is 4.79 Å². The lowest BCUT2D eigenvalue weighted by Gasteiger charge is -2.33. The van der Waals surface area contributed by atoms with Crippen LogP contribution in [-0.4, -0.2) is 13.9 Å². The highest BCUT2D eigenvalue weighted by Crippen LogP contribution is 2.36. The van der Waals surface area contributed by atoms with Gasteiger partial charge in [0, 0.05) is 20.9 Å². The maximum Gasteiger partial charge on any atom is 0.133 e. The van der Waals surface area contributed by atoms with E-state index in [9.17, 15) is 4.79 Å². The molecule has 0 saturated heterocycles. The Hall–Kier alpha value is -0.373. The molecule has 0 bridgehead atoms. The average Bonchev–Trinajstić information content (AvgIpc) is 2.12. The van der Waals surface area contributed by atoms with Gasteiger partial charge in [0.15, 0.2) is 0 Å². The molecule has 1 nitrogen and oxygen atoms in total. The molecule has 0 aromatic carbocycles. The van der Waals surface area contributed by atoms with Gasteiger partial charge in [-0.25, -0.2) is 0 Å². The summed E-state index contributed by atoms with van der Waals surface area (Å²) < 4.78 is 0. The fraction of sp³-hybridized carbons (Fsp3) is 0.786. The third-order valence-electron chi connectivity index (χ3n) is 3.55. The molecular formula is C14H26OSi. The quantitative estimate of drug-likeness (QED) is 0.528. The molecule has 92 valence electrons. The molecular weight excluding hydrogens is 212 g/mol. The number of carbonyl (C=O) groups is 1. The van der Waals surface area contributed by atoms with Crippen LogP contribution < -0.4 is 0 Å². The van der Waals surface area contributed by atoms with E-state index in [-0.39, 0.29) is 0 Å². The predicted molar refractivity (Wildman–Crippen MR) is 73.4 cm³/mol. The molecule has 0 aliphatic heterocycles. The summed E-state index contributed by atoms with van der Waals surface area (Å²) in [5.41, 5.74) is 1.29. The van der Waals surface area contributed by atoms with Gasteiger partial charge in [-0.05, 0) is 31.6 Å². The van der Waals surface area contributed by atoms with E-state index in [0.29, 0.717) is 17.6 Å². The van der Waals surface area contributed by atoms with Gasteiger partial charge in [-0.3, -0.25) is 4.79 Å². The topological polar surface area (TPSA) is 17.1 Å². The minimum atomic E-state index is -1.06. The summed E-state index contributed by atoms with van der Waals surface area (Å²) in [5, 5.41) is 0. The summed E-state index contributed by atoms with van der Waals surface area (Å²) in [6.07, 6.45) is 3.95. The second-order valence-electron chi connectivity index (χ2n) is 6.61. The standard InChI is InChI=1S/C14H26OSi/c1-11(2)14(10-16(3,4)5)12-7-6-8-13(15)9-12/h12,14H,1,6-10H2,2-5H3. The van der Waals surface area contributed by atoms with Crippen molar-refractivity contribution >= 4 is 13.9 Å². The Morgan fingerprint density at radius 3 is 2.56 bits per heavy atom. The van der Waals surface area contributed by atoms with Crippen molar-refractivity contribution < 1.29 is 4.79 Å². The summed E-state index contributed by atoms with van der Waals surface area (Å²) in [4.78, 5) is 11.5. The van der Waals surface area contributed by atoms with Crippen molar-refractivity contribution in [3.05, 3.63) is 12.2 Å². The largest absolute Gasteiger partial charge is 0.300 e. The van der Waals surface area contributed by atoms with Crippen molar-refractivity contribution in [2.24, 2.45) is 11.8 Å². The second kappa shape index (κ2) is 5.31. The summed E-state index contributed by atoms with van der Waals surface area (Å²) in [5.74, 6) is 1.65. The molecule has 0 radical (unpaired) electrons. The molecule has 1 aliphatic carbocycles. The molecule has 0 N–H and O–H groups in total. The molecule has 1 aliphatic rings. The normalized spacial score (nSPS) is 24.2. The Kier molecular flexibility index (Phi) is 4.54. The molecule has 1 saturated carbocycles. The number of rotatable bonds is 4. The molecule has 2 atom stereocenters.